The van der Waals surface area contributed by atoms with E-state index in [0.717, 1.165) is 25.8 Å². The van der Waals surface area contributed by atoms with Gasteiger partial charge in [0.1, 0.15) is 5.82 Å². The highest BCUT2D eigenvalue weighted by molar-refractivity contribution is 6.30. The molecule has 1 fully saturated rings. The van der Waals surface area contributed by atoms with E-state index < -0.39 is 5.82 Å². The van der Waals surface area contributed by atoms with Gasteiger partial charge in [0.05, 0.1) is 11.1 Å². The molecule has 0 radical (unpaired) electrons. The van der Waals surface area contributed by atoms with Crippen molar-refractivity contribution in [3.8, 4) is 0 Å². The van der Waals surface area contributed by atoms with Gasteiger partial charge in [-0.15, -0.1) is 0 Å². The summed E-state index contributed by atoms with van der Waals surface area (Å²) in [6.45, 7) is 0.854. The largest absolute Gasteiger partial charge is 0.325 e. The van der Waals surface area contributed by atoms with Gasteiger partial charge in [-0.05, 0) is 37.6 Å². The monoisotopic (exact) mass is 256 g/mol. The van der Waals surface area contributed by atoms with E-state index in [0.29, 0.717) is 5.69 Å². The predicted molar refractivity (Wildman–Crippen MR) is 65.7 cm³/mol. The fourth-order valence-corrected chi connectivity index (χ4v) is 2.00. The quantitative estimate of drug-likeness (QED) is 0.854. The van der Waals surface area contributed by atoms with Crippen LogP contribution in [0.3, 0.4) is 0 Å². The van der Waals surface area contributed by atoms with E-state index in [2.05, 4.69) is 10.6 Å². The zero-order chi connectivity index (χ0) is 12.3. The molecule has 1 aromatic rings. The standard InChI is InChI=1S/C12H14ClFN2O/c13-9-5-4-8(7-10(9)14)16-12(17)11-3-1-2-6-15-11/h4-5,7,11,15H,1-3,6H2,(H,16,17). The van der Waals surface area contributed by atoms with Crippen molar-refractivity contribution in [2.75, 3.05) is 11.9 Å². The van der Waals surface area contributed by atoms with Gasteiger partial charge in [-0.2, -0.15) is 0 Å². The Kier molecular flexibility index (Phi) is 3.97. The lowest BCUT2D eigenvalue weighted by molar-refractivity contribution is -0.118. The smallest absolute Gasteiger partial charge is 0.241 e. The van der Waals surface area contributed by atoms with E-state index in [1.54, 1.807) is 6.07 Å². The molecule has 1 amide bonds. The zero-order valence-corrected chi connectivity index (χ0v) is 10.1. The number of benzene rings is 1. The van der Waals surface area contributed by atoms with Gasteiger partial charge in [0, 0.05) is 5.69 Å². The van der Waals surface area contributed by atoms with Crippen molar-refractivity contribution in [3.63, 3.8) is 0 Å². The Labute approximate surface area is 104 Å². The van der Waals surface area contributed by atoms with E-state index in [1.165, 1.54) is 12.1 Å². The molecule has 1 aliphatic rings. The summed E-state index contributed by atoms with van der Waals surface area (Å²) in [5.74, 6) is -0.646. The maximum absolute atomic E-state index is 13.2. The van der Waals surface area contributed by atoms with Gasteiger partial charge in [0.25, 0.3) is 0 Å². The Bertz CT molecular complexity index is 419. The van der Waals surface area contributed by atoms with Crippen molar-refractivity contribution in [3.05, 3.63) is 29.0 Å². The molecule has 2 rings (SSSR count). The van der Waals surface area contributed by atoms with Crippen molar-refractivity contribution < 1.29 is 9.18 Å². The topological polar surface area (TPSA) is 41.1 Å². The second-order valence-electron chi connectivity index (χ2n) is 4.12. The number of carbonyl (C=O) groups is 1. The minimum atomic E-state index is -0.527. The van der Waals surface area contributed by atoms with Gasteiger partial charge in [-0.3, -0.25) is 4.79 Å². The number of nitrogens with one attached hydrogen (secondary N) is 2. The van der Waals surface area contributed by atoms with Crippen LogP contribution >= 0.6 is 11.6 Å². The summed E-state index contributed by atoms with van der Waals surface area (Å²) in [7, 11) is 0. The summed E-state index contributed by atoms with van der Waals surface area (Å²) < 4.78 is 13.2. The average molecular weight is 257 g/mol. The molecule has 2 N–H and O–H groups in total. The number of rotatable bonds is 2. The Hall–Kier alpha value is -1.13. The highest BCUT2D eigenvalue weighted by Crippen LogP contribution is 2.19. The van der Waals surface area contributed by atoms with Crippen molar-refractivity contribution in [2.24, 2.45) is 0 Å². The molecule has 92 valence electrons. The summed E-state index contributed by atoms with van der Waals surface area (Å²) in [5.41, 5.74) is 0.435. The normalized spacial score (nSPS) is 20.0. The Morgan fingerprint density at radius 3 is 2.94 bits per heavy atom. The van der Waals surface area contributed by atoms with E-state index in [4.69, 9.17) is 11.6 Å². The van der Waals surface area contributed by atoms with Crippen molar-refractivity contribution in [1.29, 1.82) is 0 Å². The van der Waals surface area contributed by atoms with Crippen LogP contribution in [0.5, 0.6) is 0 Å². The third-order valence-corrected chi connectivity index (χ3v) is 3.12. The fourth-order valence-electron chi connectivity index (χ4n) is 1.88. The molecule has 0 bridgehead atoms. The van der Waals surface area contributed by atoms with Gasteiger partial charge < -0.3 is 10.6 Å². The maximum Gasteiger partial charge on any atom is 0.241 e. The molecule has 3 nitrogen and oxygen atoms in total. The molecule has 1 atom stereocenters. The second kappa shape index (κ2) is 5.47. The van der Waals surface area contributed by atoms with Crippen LogP contribution in [-0.4, -0.2) is 18.5 Å². The first kappa shape index (κ1) is 12.3. The molecule has 1 aromatic carbocycles. The third-order valence-electron chi connectivity index (χ3n) is 2.81. The Morgan fingerprint density at radius 1 is 1.47 bits per heavy atom. The van der Waals surface area contributed by atoms with E-state index in [1.807, 2.05) is 0 Å². The Morgan fingerprint density at radius 2 is 2.29 bits per heavy atom. The molecule has 1 heterocycles. The van der Waals surface area contributed by atoms with Gasteiger partial charge in [-0.1, -0.05) is 18.0 Å². The molecule has 0 spiro atoms. The maximum atomic E-state index is 13.2. The number of hydrogen-bond acceptors (Lipinski definition) is 2. The minimum Gasteiger partial charge on any atom is -0.325 e. The highest BCUT2D eigenvalue weighted by atomic mass is 35.5. The number of hydrogen-bond donors (Lipinski definition) is 2. The molecule has 1 aliphatic heterocycles. The summed E-state index contributed by atoms with van der Waals surface area (Å²) in [5, 5.41) is 5.87. The van der Waals surface area contributed by atoms with Crippen LogP contribution in [0.4, 0.5) is 10.1 Å². The van der Waals surface area contributed by atoms with Crippen LogP contribution in [0.15, 0.2) is 18.2 Å². The Balaban J connectivity index is 1.99. The molecule has 17 heavy (non-hydrogen) atoms. The van der Waals surface area contributed by atoms with E-state index in [-0.39, 0.29) is 17.0 Å². The number of halogens is 2. The predicted octanol–water partition coefficient (Wildman–Crippen LogP) is 2.56. The lowest BCUT2D eigenvalue weighted by Gasteiger charge is -2.22. The molecule has 0 aliphatic carbocycles. The summed E-state index contributed by atoms with van der Waals surface area (Å²) in [4.78, 5) is 11.8. The van der Waals surface area contributed by atoms with E-state index >= 15 is 0 Å². The van der Waals surface area contributed by atoms with Gasteiger partial charge in [0.15, 0.2) is 0 Å². The molecule has 5 heteroatoms. The van der Waals surface area contributed by atoms with Crippen LogP contribution < -0.4 is 10.6 Å². The van der Waals surface area contributed by atoms with Crippen LogP contribution in [0.1, 0.15) is 19.3 Å². The van der Waals surface area contributed by atoms with E-state index in [9.17, 15) is 9.18 Å². The molecule has 1 unspecified atom stereocenters. The van der Waals surface area contributed by atoms with Crippen molar-refractivity contribution in [1.82, 2.24) is 5.32 Å². The number of piperidine rings is 1. The fraction of sp³-hybridized carbons (Fsp3) is 0.417. The van der Waals surface area contributed by atoms with Gasteiger partial charge in [0.2, 0.25) is 5.91 Å². The first-order valence-electron chi connectivity index (χ1n) is 5.66. The van der Waals surface area contributed by atoms with Crippen molar-refractivity contribution in [2.45, 2.75) is 25.3 Å². The molecule has 0 saturated carbocycles. The zero-order valence-electron chi connectivity index (χ0n) is 9.30. The van der Waals surface area contributed by atoms with Crippen LogP contribution in [0, 0.1) is 5.82 Å². The first-order chi connectivity index (χ1) is 8.16. The molecular formula is C12H14ClFN2O. The number of carbonyl (C=O) groups excluding carboxylic acids is 1. The molecule has 0 aromatic heterocycles. The SMILES string of the molecule is O=C(Nc1ccc(Cl)c(F)c1)C1CCCCN1. The van der Waals surface area contributed by atoms with Crippen molar-refractivity contribution >= 4 is 23.2 Å². The third kappa shape index (κ3) is 3.17. The lowest BCUT2D eigenvalue weighted by atomic mass is 10.0. The summed E-state index contributed by atoms with van der Waals surface area (Å²) in [6, 6.07) is 4.07. The molecular weight excluding hydrogens is 243 g/mol. The molecule has 1 saturated heterocycles. The average Bonchev–Trinajstić information content (AvgIpc) is 2.35. The second-order valence-corrected chi connectivity index (χ2v) is 4.53. The van der Waals surface area contributed by atoms with Gasteiger partial charge >= 0.3 is 0 Å². The lowest BCUT2D eigenvalue weighted by Crippen LogP contribution is -2.43. The number of amides is 1. The van der Waals surface area contributed by atoms with Crippen LogP contribution in [-0.2, 0) is 4.79 Å². The number of anilines is 1. The van der Waals surface area contributed by atoms with Gasteiger partial charge in [-0.25, -0.2) is 4.39 Å². The summed E-state index contributed by atoms with van der Waals surface area (Å²) >= 11 is 5.57. The highest BCUT2D eigenvalue weighted by Gasteiger charge is 2.20. The first-order valence-corrected chi connectivity index (χ1v) is 6.04. The summed E-state index contributed by atoms with van der Waals surface area (Å²) in [6.07, 6.45) is 2.96. The van der Waals surface area contributed by atoms with Crippen LogP contribution in [0.2, 0.25) is 5.02 Å². The minimum absolute atomic E-state index is 0.0544. The van der Waals surface area contributed by atoms with Crippen LogP contribution in [0.25, 0.3) is 0 Å².